The summed E-state index contributed by atoms with van der Waals surface area (Å²) in [6, 6.07) is 6.25. The summed E-state index contributed by atoms with van der Waals surface area (Å²) < 4.78 is 40.0. The van der Waals surface area contributed by atoms with Gasteiger partial charge in [-0.05, 0) is 74.8 Å². The summed E-state index contributed by atoms with van der Waals surface area (Å²) in [7, 11) is -2.64. The number of anilines is 1. The number of benzene rings is 1. The summed E-state index contributed by atoms with van der Waals surface area (Å²) in [4.78, 5) is 17.0. The van der Waals surface area contributed by atoms with Crippen LogP contribution in [0.1, 0.15) is 74.0 Å². The predicted octanol–water partition coefficient (Wildman–Crippen LogP) is 4.92. The van der Waals surface area contributed by atoms with Crippen LogP contribution < -0.4 is 9.04 Å². The van der Waals surface area contributed by atoms with Crippen LogP contribution in [0.4, 0.5) is 5.69 Å². The van der Waals surface area contributed by atoms with E-state index in [4.69, 9.17) is 9.47 Å². The number of rotatable bonds is 7. The van der Waals surface area contributed by atoms with E-state index >= 15 is 0 Å². The number of fused-ring (bicyclic) bond motifs is 1. The van der Waals surface area contributed by atoms with Crippen LogP contribution in [0, 0.1) is 5.92 Å². The highest BCUT2D eigenvalue weighted by Crippen LogP contribution is 2.36. The fraction of sp³-hybridized carbons (Fsp3) is 0.538. The first kappa shape index (κ1) is 24.5. The van der Waals surface area contributed by atoms with Gasteiger partial charge in [0.1, 0.15) is 11.3 Å². The molecule has 0 bridgehead atoms. The molecule has 1 aliphatic carbocycles. The van der Waals surface area contributed by atoms with Gasteiger partial charge >= 0.3 is 5.97 Å². The maximum Gasteiger partial charge on any atom is 0.341 e. The fourth-order valence-electron chi connectivity index (χ4n) is 4.96. The largest absolute Gasteiger partial charge is 0.492 e. The van der Waals surface area contributed by atoms with Gasteiger partial charge in [-0.15, -0.1) is 0 Å². The van der Waals surface area contributed by atoms with Crippen molar-refractivity contribution in [2.45, 2.75) is 76.2 Å². The third kappa shape index (κ3) is 4.92. The van der Waals surface area contributed by atoms with Crippen LogP contribution in [0.15, 0.2) is 35.4 Å². The minimum atomic E-state index is -3.93. The number of aryl methyl sites for hydroxylation is 2. The third-order valence-electron chi connectivity index (χ3n) is 6.97. The molecule has 0 saturated heterocycles. The number of hydrogen-bond donors (Lipinski definition) is 0. The molecule has 1 atom stereocenters. The van der Waals surface area contributed by atoms with Gasteiger partial charge in [0.05, 0.1) is 30.5 Å². The number of methoxy groups -OCH3 is 1. The molecule has 1 fully saturated rings. The number of carbonyl (C=O) groups excluding carboxylic acids is 1. The second-order valence-electron chi connectivity index (χ2n) is 9.31. The molecule has 1 aliphatic heterocycles. The molecule has 0 N–H and O–H groups in total. The molecule has 2 aliphatic rings. The molecule has 0 amide bonds. The lowest BCUT2D eigenvalue weighted by atomic mass is 9.90. The molecule has 2 aromatic rings. The van der Waals surface area contributed by atoms with Crippen LogP contribution >= 0.6 is 0 Å². The Bertz CT molecular complexity index is 1140. The van der Waals surface area contributed by atoms with Crippen molar-refractivity contribution in [2.75, 3.05) is 18.0 Å². The van der Waals surface area contributed by atoms with E-state index in [1.165, 1.54) is 42.8 Å². The van der Waals surface area contributed by atoms with Gasteiger partial charge in [-0.1, -0.05) is 26.2 Å². The van der Waals surface area contributed by atoms with Crippen molar-refractivity contribution in [2.24, 2.45) is 5.92 Å². The summed E-state index contributed by atoms with van der Waals surface area (Å²) in [5, 5.41) is 0. The summed E-state index contributed by atoms with van der Waals surface area (Å²) in [5.41, 5.74) is 2.66. The molecular formula is C26H34N2O5S. The minimum Gasteiger partial charge on any atom is -0.492 e. The number of hydrogen-bond acceptors (Lipinski definition) is 6. The van der Waals surface area contributed by atoms with E-state index in [0.29, 0.717) is 30.4 Å². The molecule has 1 aromatic carbocycles. The Morgan fingerprint density at radius 2 is 1.91 bits per heavy atom. The number of ether oxygens (including phenoxy) is 2. The van der Waals surface area contributed by atoms with Crippen molar-refractivity contribution in [1.82, 2.24) is 4.98 Å². The molecule has 2 heterocycles. The SMILES string of the molecule is CCc1cc2c(cn1)N(S(=O)(=O)c1ccc(OCC3CCCCC3)c(C(=O)OC)c1)[C@@H](C)CC2. The second kappa shape index (κ2) is 10.3. The van der Waals surface area contributed by atoms with Gasteiger partial charge in [0.25, 0.3) is 10.0 Å². The predicted molar refractivity (Wildman–Crippen MR) is 131 cm³/mol. The first-order chi connectivity index (χ1) is 16.3. The lowest BCUT2D eigenvalue weighted by Gasteiger charge is -2.36. The maximum absolute atomic E-state index is 13.8. The molecule has 7 nitrogen and oxygen atoms in total. The van der Waals surface area contributed by atoms with Crippen LogP contribution in [0.25, 0.3) is 0 Å². The Labute approximate surface area is 202 Å². The number of nitrogens with zero attached hydrogens (tertiary/aromatic N) is 2. The molecular weight excluding hydrogens is 452 g/mol. The second-order valence-corrected chi connectivity index (χ2v) is 11.1. The number of aromatic nitrogens is 1. The Kier molecular flexibility index (Phi) is 7.45. The summed E-state index contributed by atoms with van der Waals surface area (Å²) in [6.07, 6.45) is 9.83. The molecule has 8 heteroatoms. The van der Waals surface area contributed by atoms with E-state index in [9.17, 15) is 13.2 Å². The monoisotopic (exact) mass is 486 g/mol. The maximum atomic E-state index is 13.8. The van der Waals surface area contributed by atoms with Crippen molar-refractivity contribution in [3.8, 4) is 5.75 Å². The van der Waals surface area contributed by atoms with Crippen LogP contribution in [-0.2, 0) is 27.6 Å². The van der Waals surface area contributed by atoms with Gasteiger partial charge < -0.3 is 9.47 Å². The molecule has 0 spiro atoms. The van der Waals surface area contributed by atoms with E-state index in [1.807, 2.05) is 19.9 Å². The topological polar surface area (TPSA) is 85.8 Å². The molecule has 0 radical (unpaired) electrons. The zero-order valence-electron chi connectivity index (χ0n) is 20.2. The highest BCUT2D eigenvalue weighted by Gasteiger charge is 2.35. The summed E-state index contributed by atoms with van der Waals surface area (Å²) >= 11 is 0. The molecule has 34 heavy (non-hydrogen) atoms. The van der Waals surface area contributed by atoms with Gasteiger partial charge in [-0.2, -0.15) is 0 Å². The number of carbonyl (C=O) groups is 1. The molecule has 1 aromatic heterocycles. The van der Waals surface area contributed by atoms with Crippen LogP contribution in [0.2, 0.25) is 0 Å². The van der Waals surface area contributed by atoms with Crippen molar-refractivity contribution in [1.29, 1.82) is 0 Å². The number of sulfonamides is 1. The number of esters is 1. The smallest absolute Gasteiger partial charge is 0.341 e. The molecule has 1 saturated carbocycles. The Balaban J connectivity index is 1.67. The average Bonchev–Trinajstić information content (AvgIpc) is 2.86. The lowest BCUT2D eigenvalue weighted by molar-refractivity contribution is 0.0594. The van der Waals surface area contributed by atoms with Crippen molar-refractivity contribution < 1.29 is 22.7 Å². The molecule has 184 valence electrons. The first-order valence-corrected chi connectivity index (χ1v) is 13.7. The molecule has 0 unspecified atom stereocenters. The van der Waals surface area contributed by atoms with Crippen LogP contribution in [0.5, 0.6) is 5.75 Å². The minimum absolute atomic E-state index is 0.0391. The van der Waals surface area contributed by atoms with Gasteiger partial charge in [-0.3, -0.25) is 9.29 Å². The zero-order chi connectivity index (χ0) is 24.3. The van der Waals surface area contributed by atoms with E-state index in [1.54, 1.807) is 12.3 Å². The summed E-state index contributed by atoms with van der Waals surface area (Å²) in [5.74, 6) is 0.198. The Morgan fingerprint density at radius 1 is 1.15 bits per heavy atom. The quantitative estimate of drug-likeness (QED) is 0.517. The Morgan fingerprint density at radius 3 is 2.62 bits per heavy atom. The zero-order valence-corrected chi connectivity index (χ0v) is 21.1. The highest BCUT2D eigenvalue weighted by molar-refractivity contribution is 7.92. The van der Waals surface area contributed by atoms with Gasteiger partial charge in [0, 0.05) is 11.7 Å². The van der Waals surface area contributed by atoms with Crippen LogP contribution in [0.3, 0.4) is 0 Å². The van der Waals surface area contributed by atoms with Gasteiger partial charge in [0.2, 0.25) is 0 Å². The van der Waals surface area contributed by atoms with Crippen molar-refractivity contribution in [3.63, 3.8) is 0 Å². The van der Waals surface area contributed by atoms with E-state index in [2.05, 4.69) is 4.98 Å². The van der Waals surface area contributed by atoms with Gasteiger partial charge in [-0.25, -0.2) is 13.2 Å². The first-order valence-electron chi connectivity index (χ1n) is 12.2. The Hall–Kier alpha value is -2.61. The molecule has 4 rings (SSSR count). The normalized spacial score (nSPS) is 18.9. The summed E-state index contributed by atoms with van der Waals surface area (Å²) in [6.45, 7) is 4.44. The third-order valence-corrected chi connectivity index (χ3v) is 8.89. The van der Waals surface area contributed by atoms with E-state index < -0.39 is 16.0 Å². The average molecular weight is 487 g/mol. The van der Waals surface area contributed by atoms with Crippen molar-refractivity contribution >= 4 is 21.7 Å². The number of pyridine rings is 1. The standard InChI is InChI=1S/C26H34N2O5S/c1-4-21-14-20-11-10-18(2)28(24(20)16-27-21)34(30,31)22-12-13-25(23(15-22)26(29)32-3)33-17-19-8-6-5-7-9-19/h12-16,18-19H,4-11,17H2,1-3H3/t18-/m0/s1. The highest BCUT2D eigenvalue weighted by atomic mass is 32.2. The fourth-order valence-corrected chi connectivity index (χ4v) is 6.69. The van der Waals surface area contributed by atoms with E-state index in [0.717, 1.165) is 36.9 Å². The van der Waals surface area contributed by atoms with Crippen LogP contribution in [-0.4, -0.2) is 39.1 Å². The van der Waals surface area contributed by atoms with Gasteiger partial charge in [0.15, 0.2) is 0 Å². The van der Waals surface area contributed by atoms with Crippen molar-refractivity contribution in [3.05, 3.63) is 47.3 Å². The van der Waals surface area contributed by atoms with E-state index in [-0.39, 0.29) is 16.5 Å². The lowest BCUT2D eigenvalue weighted by Crippen LogP contribution is -2.42.